The molecule has 2 fully saturated rings. The molecule has 0 radical (unpaired) electrons. The van der Waals surface area contributed by atoms with Crippen LogP contribution in [0.25, 0.3) is 0 Å². The molecule has 0 bridgehead atoms. The maximum absolute atomic E-state index is 6.86. The van der Waals surface area contributed by atoms with Crippen molar-refractivity contribution < 1.29 is 9.47 Å². The van der Waals surface area contributed by atoms with E-state index in [2.05, 4.69) is 74.4 Å². The van der Waals surface area contributed by atoms with Gasteiger partial charge in [0.25, 0.3) is 0 Å². The van der Waals surface area contributed by atoms with Crippen LogP contribution >= 0.6 is 0 Å². The molecule has 2 rings (SSSR count). The molecule has 2 atom stereocenters. The van der Waals surface area contributed by atoms with Gasteiger partial charge in [0, 0.05) is 25.9 Å². The molecule has 0 unspecified atom stereocenters. The molecular formula is C44H79NO2. The molecule has 3 nitrogen and oxygen atoms in total. The van der Waals surface area contributed by atoms with Crippen LogP contribution in [0.5, 0.6) is 0 Å². The minimum Gasteiger partial charge on any atom is -0.344 e. The summed E-state index contributed by atoms with van der Waals surface area (Å²) < 4.78 is 13.7. The Bertz CT molecular complexity index is 748. The number of likely N-dealkylation sites (tertiary alicyclic amines) is 1. The van der Waals surface area contributed by atoms with Gasteiger partial charge in [-0.1, -0.05) is 140 Å². The van der Waals surface area contributed by atoms with Gasteiger partial charge in [0.15, 0.2) is 5.79 Å². The molecule has 272 valence electrons. The van der Waals surface area contributed by atoms with E-state index in [0.29, 0.717) is 12.2 Å². The molecule has 0 aromatic rings. The first-order valence-electron chi connectivity index (χ1n) is 20.8. The van der Waals surface area contributed by atoms with Gasteiger partial charge in [-0.15, -0.1) is 0 Å². The Hall–Kier alpha value is -1.16. The Balaban J connectivity index is 1.56. The molecule has 0 N–H and O–H groups in total. The monoisotopic (exact) mass is 654 g/mol. The lowest BCUT2D eigenvalue weighted by Crippen LogP contribution is -2.32. The fourth-order valence-corrected chi connectivity index (χ4v) is 7.15. The van der Waals surface area contributed by atoms with Gasteiger partial charge >= 0.3 is 0 Å². The third kappa shape index (κ3) is 22.2. The minimum absolute atomic E-state index is 0.300. The highest BCUT2D eigenvalue weighted by atomic mass is 16.8. The smallest absolute Gasteiger partial charge is 0.169 e. The number of rotatable bonds is 30. The highest BCUT2D eigenvalue weighted by molar-refractivity contribution is 4.94. The van der Waals surface area contributed by atoms with Crippen molar-refractivity contribution in [3.8, 4) is 0 Å². The molecule has 0 aromatic carbocycles. The van der Waals surface area contributed by atoms with Gasteiger partial charge in [-0.2, -0.15) is 0 Å². The third-order valence-corrected chi connectivity index (χ3v) is 10.3. The zero-order valence-corrected chi connectivity index (χ0v) is 31.8. The Kier molecular flexibility index (Phi) is 26.6. The standard InChI is InChI=1S/C44H79NO2/c1-4-6-8-10-12-14-16-18-20-22-24-26-28-30-32-34-38-44(46-42-36-40-45(3)41-37-43(42)47-44)39-35-33-31-29-27-25-23-21-19-17-15-13-11-9-7-5-2/h12-15,18-21,42-43H,4-11,16-17,22-41H2,1-3H3/b14-12-,15-13-,20-18-,21-19-/t42-,43+. The molecule has 0 aliphatic carbocycles. The summed E-state index contributed by atoms with van der Waals surface area (Å²) >= 11 is 0. The van der Waals surface area contributed by atoms with Crippen LogP contribution in [0.15, 0.2) is 48.6 Å². The number of hydrogen-bond acceptors (Lipinski definition) is 3. The molecule has 0 spiro atoms. The lowest BCUT2D eigenvalue weighted by Gasteiger charge is -2.29. The number of ether oxygens (including phenoxy) is 2. The van der Waals surface area contributed by atoms with Crippen LogP contribution in [0.2, 0.25) is 0 Å². The number of allylic oxidation sites excluding steroid dienone is 8. The van der Waals surface area contributed by atoms with Gasteiger partial charge in [0.2, 0.25) is 0 Å². The maximum Gasteiger partial charge on any atom is 0.169 e. The lowest BCUT2D eigenvalue weighted by molar-refractivity contribution is -0.188. The van der Waals surface area contributed by atoms with E-state index in [1.54, 1.807) is 0 Å². The predicted octanol–water partition coefficient (Wildman–Crippen LogP) is 13.6. The molecule has 2 saturated heterocycles. The first-order chi connectivity index (χ1) is 23.2. The Morgan fingerprint density at radius 2 is 0.809 bits per heavy atom. The molecule has 3 heteroatoms. The van der Waals surface area contributed by atoms with Gasteiger partial charge in [-0.25, -0.2) is 0 Å². The Labute approximate surface area is 294 Å². The van der Waals surface area contributed by atoms with Crippen molar-refractivity contribution in [1.82, 2.24) is 4.90 Å². The second-order valence-corrected chi connectivity index (χ2v) is 14.8. The molecule has 2 heterocycles. The van der Waals surface area contributed by atoms with E-state index >= 15 is 0 Å². The molecule has 0 amide bonds. The van der Waals surface area contributed by atoms with Crippen molar-refractivity contribution in [2.45, 2.75) is 212 Å². The SMILES string of the molecule is CCCCC/C=C\C/C=C\CCCCCCCCC1(CCCCCCCC/C=C\C/C=C\CCCCC)O[C@H]2CCN(C)CC[C@H]2O1. The largest absolute Gasteiger partial charge is 0.344 e. The van der Waals surface area contributed by atoms with E-state index < -0.39 is 0 Å². The number of nitrogens with zero attached hydrogens (tertiary/aromatic N) is 1. The number of hydrogen-bond donors (Lipinski definition) is 0. The van der Waals surface area contributed by atoms with Gasteiger partial charge in [-0.3, -0.25) is 0 Å². The van der Waals surface area contributed by atoms with Crippen molar-refractivity contribution in [2.24, 2.45) is 0 Å². The molecule has 2 aliphatic heterocycles. The molecule has 2 aliphatic rings. The summed E-state index contributed by atoms with van der Waals surface area (Å²) in [5.74, 6) is -0.310. The van der Waals surface area contributed by atoms with Gasteiger partial charge in [0.1, 0.15) is 0 Å². The van der Waals surface area contributed by atoms with Gasteiger partial charge < -0.3 is 14.4 Å². The van der Waals surface area contributed by atoms with Crippen molar-refractivity contribution in [2.75, 3.05) is 20.1 Å². The van der Waals surface area contributed by atoms with E-state index in [4.69, 9.17) is 9.47 Å². The quantitative estimate of drug-likeness (QED) is 0.0569. The van der Waals surface area contributed by atoms with Crippen LogP contribution in [0.3, 0.4) is 0 Å². The van der Waals surface area contributed by atoms with E-state index in [9.17, 15) is 0 Å². The molecular weight excluding hydrogens is 574 g/mol. The first kappa shape index (κ1) is 42.0. The number of fused-ring (bicyclic) bond motifs is 1. The summed E-state index contributed by atoms with van der Waals surface area (Å²) in [5.41, 5.74) is 0. The second kappa shape index (κ2) is 29.7. The van der Waals surface area contributed by atoms with Crippen molar-refractivity contribution in [3.05, 3.63) is 48.6 Å². The lowest BCUT2D eigenvalue weighted by atomic mass is 9.98. The van der Waals surface area contributed by atoms with E-state index in [1.807, 2.05) is 0 Å². The van der Waals surface area contributed by atoms with Crippen LogP contribution in [0.1, 0.15) is 194 Å². The topological polar surface area (TPSA) is 21.7 Å². The second-order valence-electron chi connectivity index (χ2n) is 14.8. The molecule has 0 aromatic heterocycles. The molecule has 0 saturated carbocycles. The maximum atomic E-state index is 6.86. The van der Waals surface area contributed by atoms with Crippen LogP contribution in [-0.4, -0.2) is 43.0 Å². The third-order valence-electron chi connectivity index (χ3n) is 10.3. The average molecular weight is 654 g/mol. The van der Waals surface area contributed by atoms with E-state index in [1.165, 1.54) is 141 Å². The van der Waals surface area contributed by atoms with Crippen molar-refractivity contribution >= 4 is 0 Å². The first-order valence-corrected chi connectivity index (χ1v) is 20.8. The summed E-state index contributed by atoms with van der Waals surface area (Å²) in [4.78, 5) is 2.44. The normalized spacial score (nSPS) is 20.4. The summed E-state index contributed by atoms with van der Waals surface area (Å²) in [7, 11) is 2.24. The van der Waals surface area contributed by atoms with Crippen molar-refractivity contribution in [1.29, 1.82) is 0 Å². The van der Waals surface area contributed by atoms with E-state index in [-0.39, 0.29) is 5.79 Å². The summed E-state index contributed by atoms with van der Waals surface area (Å²) in [5, 5.41) is 0. The Morgan fingerprint density at radius 3 is 1.19 bits per heavy atom. The number of unbranched alkanes of at least 4 members (excludes halogenated alkanes) is 18. The summed E-state index contributed by atoms with van der Waals surface area (Å²) in [6.45, 7) is 6.81. The highest BCUT2D eigenvalue weighted by Crippen LogP contribution is 2.40. The van der Waals surface area contributed by atoms with Crippen LogP contribution in [-0.2, 0) is 9.47 Å². The predicted molar refractivity (Wildman–Crippen MR) is 207 cm³/mol. The van der Waals surface area contributed by atoms with Gasteiger partial charge in [0.05, 0.1) is 12.2 Å². The zero-order valence-electron chi connectivity index (χ0n) is 31.8. The zero-order chi connectivity index (χ0) is 33.5. The summed E-state index contributed by atoms with van der Waals surface area (Å²) in [6, 6.07) is 0. The average Bonchev–Trinajstić information content (AvgIpc) is 3.34. The van der Waals surface area contributed by atoms with Crippen LogP contribution in [0, 0.1) is 0 Å². The molecule has 47 heavy (non-hydrogen) atoms. The highest BCUT2D eigenvalue weighted by Gasteiger charge is 2.47. The minimum atomic E-state index is -0.310. The Morgan fingerprint density at radius 1 is 0.468 bits per heavy atom. The van der Waals surface area contributed by atoms with Gasteiger partial charge in [-0.05, 0) is 96.9 Å². The van der Waals surface area contributed by atoms with Crippen LogP contribution < -0.4 is 0 Å². The fourth-order valence-electron chi connectivity index (χ4n) is 7.15. The van der Waals surface area contributed by atoms with Crippen molar-refractivity contribution in [3.63, 3.8) is 0 Å². The van der Waals surface area contributed by atoms with E-state index in [0.717, 1.165) is 51.6 Å². The fraction of sp³-hybridized carbons (Fsp3) is 0.818. The summed E-state index contributed by atoms with van der Waals surface area (Å²) in [6.07, 6.45) is 55.0. The van der Waals surface area contributed by atoms with Crippen LogP contribution in [0.4, 0.5) is 0 Å².